The second-order valence-electron chi connectivity index (χ2n) is 9.26. The van der Waals surface area contributed by atoms with Crippen molar-refractivity contribution in [3.63, 3.8) is 0 Å². The molecule has 0 atom stereocenters. The first-order valence-electron chi connectivity index (χ1n) is 12.2. The smallest absolute Gasteiger partial charge is 0.320 e. The fraction of sp³-hybridized carbons (Fsp3) is 0.296. The van der Waals surface area contributed by atoms with Gasteiger partial charge in [-0.15, -0.1) is 0 Å². The van der Waals surface area contributed by atoms with Crippen LogP contribution in [0.3, 0.4) is 0 Å². The molecule has 2 aromatic heterocycles. The first-order chi connectivity index (χ1) is 17.6. The molecule has 1 fully saturated rings. The average Bonchev–Trinajstić information content (AvgIpc) is 3.64. The Kier molecular flexibility index (Phi) is 5.90. The van der Waals surface area contributed by atoms with Crippen molar-refractivity contribution in [1.82, 2.24) is 24.8 Å². The molecule has 1 aliphatic heterocycles. The fourth-order valence-electron chi connectivity index (χ4n) is 4.30. The third-order valence-corrected chi connectivity index (χ3v) is 6.31. The van der Waals surface area contributed by atoms with Gasteiger partial charge in [0, 0.05) is 12.6 Å². The Labute approximate surface area is 208 Å². The lowest BCUT2D eigenvalue weighted by Crippen LogP contribution is -2.14. The van der Waals surface area contributed by atoms with Gasteiger partial charge in [0.2, 0.25) is 0 Å². The van der Waals surface area contributed by atoms with Crippen LogP contribution in [0.4, 0.5) is 5.82 Å². The molecule has 2 aromatic carbocycles. The van der Waals surface area contributed by atoms with Crippen molar-refractivity contribution >= 4 is 17.0 Å². The molecule has 1 saturated carbocycles. The van der Waals surface area contributed by atoms with Crippen molar-refractivity contribution in [2.24, 2.45) is 0 Å². The molecule has 4 aromatic rings. The van der Waals surface area contributed by atoms with Crippen LogP contribution in [0.15, 0.2) is 54.6 Å². The summed E-state index contributed by atoms with van der Waals surface area (Å²) in [5.41, 5.74) is 10.1. The number of aromatic nitrogens is 4. The maximum atomic E-state index is 10.6. The van der Waals surface area contributed by atoms with Crippen LogP contribution in [0, 0.1) is 0 Å². The van der Waals surface area contributed by atoms with Crippen LogP contribution in [-0.2, 0) is 19.5 Å². The minimum atomic E-state index is -0.182. The Morgan fingerprint density at radius 1 is 1.03 bits per heavy atom. The molecule has 0 amide bonds. The molecule has 0 spiro atoms. The van der Waals surface area contributed by atoms with E-state index in [-0.39, 0.29) is 17.8 Å². The highest BCUT2D eigenvalue weighted by atomic mass is 16.5. The number of nitrogen functional groups attached to an aromatic ring is 1. The number of allylic oxidation sites excluding steroid dienone is 1. The summed E-state index contributed by atoms with van der Waals surface area (Å²) in [4.78, 5) is 12.8. The van der Waals surface area contributed by atoms with Gasteiger partial charge in [-0.1, -0.05) is 30.4 Å². The molecule has 4 bridgehead atoms. The van der Waals surface area contributed by atoms with E-state index in [2.05, 4.69) is 50.6 Å². The quantitative estimate of drug-likeness (QED) is 0.362. The molecule has 0 saturated heterocycles. The molecule has 2 aliphatic rings. The summed E-state index contributed by atoms with van der Waals surface area (Å²) in [5.74, 6) is 1.67. The summed E-state index contributed by atoms with van der Waals surface area (Å²) >= 11 is 0. The predicted octanol–water partition coefficient (Wildman–Crippen LogP) is 4.09. The van der Waals surface area contributed by atoms with Crippen molar-refractivity contribution < 1.29 is 14.6 Å². The van der Waals surface area contributed by atoms with Gasteiger partial charge in [-0.05, 0) is 66.6 Å². The molecule has 36 heavy (non-hydrogen) atoms. The Morgan fingerprint density at radius 3 is 2.69 bits per heavy atom. The Morgan fingerprint density at radius 2 is 1.86 bits per heavy atom. The minimum Gasteiger partial charge on any atom is -0.480 e. The standard InChI is InChI=1S/C27H28N6O3/c28-24-23-25-32-26(31-24)35-11-3-1-2-4-18-12-19(16-33(25)27(34)30-23)14-22(13-18)36-21-9-5-17(6-10-21)15-29-20-7-8-20/h1-2,5-6,9-10,12-14,20,29H,3-4,7-8,11,15-16H2,(H,30,34)(H2,28,31,32)/b2-1+. The molecule has 9 nitrogen and oxygen atoms in total. The van der Waals surface area contributed by atoms with Gasteiger partial charge >= 0.3 is 6.01 Å². The largest absolute Gasteiger partial charge is 0.480 e. The molecule has 3 heterocycles. The molecule has 6 rings (SSSR count). The number of hydrogen-bond acceptors (Lipinski definition) is 8. The summed E-state index contributed by atoms with van der Waals surface area (Å²) < 4.78 is 13.5. The Hall–Kier alpha value is -4.11. The number of benzene rings is 2. The van der Waals surface area contributed by atoms with E-state index in [1.54, 1.807) is 4.57 Å². The van der Waals surface area contributed by atoms with E-state index >= 15 is 0 Å². The SMILES string of the molecule is Nc1nc2nc3c1nc(O)n3Cc1cc(cc(Oc3ccc(CNC4CC4)cc3)c1)C/C=C/CCO2. The lowest BCUT2D eigenvalue weighted by atomic mass is 10.1. The van der Waals surface area contributed by atoms with Crippen LogP contribution in [-0.4, -0.2) is 37.3 Å². The molecule has 0 unspecified atom stereocenters. The van der Waals surface area contributed by atoms with E-state index in [1.807, 2.05) is 24.3 Å². The zero-order chi connectivity index (χ0) is 24.5. The molecule has 9 heteroatoms. The summed E-state index contributed by atoms with van der Waals surface area (Å²) in [6, 6.07) is 15.0. The van der Waals surface area contributed by atoms with E-state index in [0.717, 1.165) is 35.6 Å². The number of ether oxygens (including phenoxy) is 2. The van der Waals surface area contributed by atoms with E-state index in [0.29, 0.717) is 36.8 Å². The number of imidazole rings is 1. The molecule has 184 valence electrons. The second kappa shape index (κ2) is 9.50. The van der Waals surface area contributed by atoms with Gasteiger partial charge < -0.3 is 25.6 Å². The third kappa shape index (κ3) is 4.96. The zero-order valence-corrected chi connectivity index (χ0v) is 19.9. The Bertz CT molecular complexity index is 1430. The van der Waals surface area contributed by atoms with Crippen molar-refractivity contribution in [2.75, 3.05) is 12.3 Å². The molecular weight excluding hydrogens is 456 g/mol. The highest BCUT2D eigenvalue weighted by Gasteiger charge is 2.20. The zero-order valence-electron chi connectivity index (χ0n) is 19.9. The van der Waals surface area contributed by atoms with Crippen LogP contribution in [0.2, 0.25) is 0 Å². The van der Waals surface area contributed by atoms with Crippen LogP contribution in [0.1, 0.15) is 36.0 Å². The van der Waals surface area contributed by atoms with Gasteiger partial charge in [-0.2, -0.15) is 15.0 Å². The van der Waals surface area contributed by atoms with Gasteiger partial charge in [0.25, 0.3) is 6.01 Å². The highest BCUT2D eigenvalue weighted by molar-refractivity contribution is 5.83. The highest BCUT2D eigenvalue weighted by Crippen LogP contribution is 2.29. The molecular formula is C27H28N6O3. The minimum absolute atomic E-state index is 0.167. The number of anilines is 1. The van der Waals surface area contributed by atoms with Crippen LogP contribution in [0.25, 0.3) is 11.2 Å². The second-order valence-corrected chi connectivity index (χ2v) is 9.26. The monoisotopic (exact) mass is 484 g/mol. The molecule has 0 radical (unpaired) electrons. The van der Waals surface area contributed by atoms with Crippen LogP contribution in [0.5, 0.6) is 23.5 Å². The summed E-state index contributed by atoms with van der Waals surface area (Å²) in [5, 5.41) is 14.1. The number of nitrogens with zero attached hydrogens (tertiary/aromatic N) is 4. The Balaban J connectivity index is 1.31. The lowest BCUT2D eigenvalue weighted by Gasteiger charge is -2.13. The maximum Gasteiger partial charge on any atom is 0.320 e. The maximum absolute atomic E-state index is 10.6. The molecule has 4 N–H and O–H groups in total. The number of nitrogens with two attached hydrogens (primary N) is 1. The number of aromatic hydroxyl groups is 1. The van der Waals surface area contributed by atoms with Gasteiger partial charge in [0.05, 0.1) is 13.2 Å². The fourth-order valence-corrected chi connectivity index (χ4v) is 4.30. The van der Waals surface area contributed by atoms with E-state index in [9.17, 15) is 5.11 Å². The van der Waals surface area contributed by atoms with Crippen molar-refractivity contribution in [3.8, 4) is 23.5 Å². The van der Waals surface area contributed by atoms with Crippen molar-refractivity contribution in [3.05, 3.63) is 71.3 Å². The third-order valence-electron chi connectivity index (χ3n) is 6.31. The average molecular weight is 485 g/mol. The summed E-state index contributed by atoms with van der Waals surface area (Å²) in [6.07, 6.45) is 8.18. The van der Waals surface area contributed by atoms with Gasteiger partial charge in [0.15, 0.2) is 17.0 Å². The van der Waals surface area contributed by atoms with Crippen molar-refractivity contribution in [2.45, 2.75) is 44.8 Å². The number of hydrogen-bond donors (Lipinski definition) is 3. The van der Waals surface area contributed by atoms with Gasteiger partial charge in [0.1, 0.15) is 11.5 Å². The lowest BCUT2D eigenvalue weighted by molar-refractivity contribution is 0.300. The van der Waals surface area contributed by atoms with E-state index in [4.69, 9.17) is 15.2 Å². The van der Waals surface area contributed by atoms with Gasteiger partial charge in [-0.3, -0.25) is 4.57 Å². The number of fused-ring (bicyclic) bond motifs is 3. The normalized spacial score (nSPS) is 16.4. The summed E-state index contributed by atoms with van der Waals surface area (Å²) in [7, 11) is 0. The first-order valence-corrected chi connectivity index (χ1v) is 12.2. The van der Waals surface area contributed by atoms with Crippen LogP contribution < -0.4 is 20.5 Å². The molecule has 1 aliphatic carbocycles. The topological polar surface area (TPSA) is 120 Å². The number of nitrogens with one attached hydrogen (secondary N) is 1. The predicted molar refractivity (Wildman–Crippen MR) is 136 cm³/mol. The van der Waals surface area contributed by atoms with Crippen LogP contribution >= 0.6 is 0 Å². The summed E-state index contributed by atoms with van der Waals surface area (Å²) in [6.45, 7) is 1.63. The van der Waals surface area contributed by atoms with E-state index < -0.39 is 0 Å². The number of rotatable bonds is 5. The van der Waals surface area contributed by atoms with Gasteiger partial charge in [-0.25, -0.2) is 0 Å². The first kappa shape index (κ1) is 22.4. The van der Waals surface area contributed by atoms with E-state index in [1.165, 1.54) is 18.4 Å². The van der Waals surface area contributed by atoms with Crippen molar-refractivity contribution in [1.29, 1.82) is 0 Å².